The molecule has 0 amide bonds. The molecule has 0 aliphatic heterocycles. The van der Waals surface area contributed by atoms with Crippen molar-refractivity contribution < 1.29 is 0 Å². The van der Waals surface area contributed by atoms with Gasteiger partial charge < -0.3 is 0 Å². The Hall–Kier alpha value is -1.50. The molecule has 4 nitrogen and oxygen atoms in total. The fourth-order valence-electron chi connectivity index (χ4n) is 2.04. The van der Waals surface area contributed by atoms with Crippen LogP contribution in [0.15, 0.2) is 17.2 Å². The molecule has 1 saturated carbocycles. The first-order valence-electron chi connectivity index (χ1n) is 5.72. The molecule has 0 N–H and O–H groups in total. The zero-order valence-electron chi connectivity index (χ0n) is 9.81. The van der Waals surface area contributed by atoms with E-state index in [1.54, 1.807) is 9.13 Å². The van der Waals surface area contributed by atoms with Crippen LogP contribution in [0, 0.1) is 16.7 Å². The summed E-state index contributed by atoms with van der Waals surface area (Å²) >= 11 is 0. The minimum Gasteiger partial charge on any atom is -0.299 e. The minimum absolute atomic E-state index is 0.0409. The van der Waals surface area contributed by atoms with Gasteiger partial charge in [-0.05, 0) is 26.7 Å². The highest BCUT2D eigenvalue weighted by Gasteiger charge is 2.43. The average molecular weight is 219 g/mol. The molecule has 0 aromatic carbocycles. The van der Waals surface area contributed by atoms with Gasteiger partial charge in [0.1, 0.15) is 0 Å². The fourth-order valence-corrected chi connectivity index (χ4v) is 2.04. The van der Waals surface area contributed by atoms with Crippen LogP contribution in [0.4, 0.5) is 0 Å². The van der Waals surface area contributed by atoms with Gasteiger partial charge in [-0.1, -0.05) is 0 Å². The van der Waals surface area contributed by atoms with Gasteiger partial charge in [0.05, 0.1) is 6.07 Å². The lowest BCUT2D eigenvalue weighted by Crippen LogP contribution is -2.28. The van der Waals surface area contributed by atoms with Gasteiger partial charge in [0.15, 0.2) is 0 Å². The molecule has 0 spiro atoms. The number of aromatic nitrogens is 2. The first kappa shape index (κ1) is 11.0. The predicted molar refractivity (Wildman–Crippen MR) is 61.0 cm³/mol. The van der Waals surface area contributed by atoms with E-state index in [9.17, 15) is 4.79 Å². The van der Waals surface area contributed by atoms with Crippen LogP contribution in [0.5, 0.6) is 0 Å². The van der Waals surface area contributed by atoms with E-state index >= 15 is 0 Å². The summed E-state index contributed by atoms with van der Waals surface area (Å²) in [5.41, 5.74) is 0.126. The molecule has 1 heterocycles. The molecule has 1 aromatic rings. The lowest BCUT2D eigenvalue weighted by atomic mass is 10.0. The van der Waals surface area contributed by atoms with Crippen molar-refractivity contribution in [1.82, 2.24) is 9.13 Å². The number of nitriles is 1. The number of imidazole rings is 1. The molecule has 2 rings (SSSR count). The number of nitrogens with zero attached hydrogens (tertiary/aromatic N) is 3. The summed E-state index contributed by atoms with van der Waals surface area (Å²) in [5, 5.41) is 8.74. The Morgan fingerprint density at radius 2 is 2.19 bits per heavy atom. The van der Waals surface area contributed by atoms with Crippen molar-refractivity contribution in [3.63, 3.8) is 0 Å². The highest BCUT2D eigenvalue weighted by molar-refractivity contribution is 5.00. The van der Waals surface area contributed by atoms with Crippen molar-refractivity contribution in [3.05, 3.63) is 22.9 Å². The lowest BCUT2D eigenvalue weighted by molar-refractivity contribution is 0.416. The van der Waals surface area contributed by atoms with Gasteiger partial charge in [-0.3, -0.25) is 9.13 Å². The third-order valence-corrected chi connectivity index (χ3v) is 3.35. The standard InChI is InChI=1S/C12H17N3O/c1-10(2)15-8-7-14(11(15)16)9-12(3-4-12)5-6-13/h7-8,10H,3-5,9H2,1-2H3. The van der Waals surface area contributed by atoms with E-state index in [2.05, 4.69) is 6.07 Å². The monoisotopic (exact) mass is 219 g/mol. The van der Waals surface area contributed by atoms with Crippen LogP contribution in [0.1, 0.15) is 39.2 Å². The van der Waals surface area contributed by atoms with Gasteiger partial charge in [0, 0.05) is 36.8 Å². The van der Waals surface area contributed by atoms with Crippen LogP contribution in [0.25, 0.3) is 0 Å². The van der Waals surface area contributed by atoms with Gasteiger partial charge in [-0.2, -0.15) is 5.26 Å². The summed E-state index contributed by atoms with van der Waals surface area (Å²) in [6.07, 6.45) is 6.36. The molecule has 0 unspecified atom stereocenters. The van der Waals surface area contributed by atoms with Gasteiger partial charge >= 0.3 is 5.69 Å². The second-order valence-electron chi connectivity index (χ2n) is 5.04. The Balaban J connectivity index is 2.18. The Morgan fingerprint density at radius 1 is 1.50 bits per heavy atom. The first-order chi connectivity index (χ1) is 7.58. The van der Waals surface area contributed by atoms with Crippen LogP contribution >= 0.6 is 0 Å². The maximum absolute atomic E-state index is 12.0. The van der Waals surface area contributed by atoms with Crippen molar-refractivity contribution in [2.45, 2.75) is 45.7 Å². The van der Waals surface area contributed by atoms with Crippen molar-refractivity contribution in [3.8, 4) is 6.07 Å². The lowest BCUT2D eigenvalue weighted by Gasteiger charge is -2.11. The molecule has 1 aliphatic carbocycles. The average Bonchev–Trinajstić information content (AvgIpc) is 2.87. The van der Waals surface area contributed by atoms with Crippen LogP contribution in [-0.2, 0) is 6.54 Å². The minimum atomic E-state index is 0.0409. The van der Waals surface area contributed by atoms with Gasteiger partial charge in [-0.15, -0.1) is 0 Å². The summed E-state index contributed by atoms with van der Waals surface area (Å²) in [6.45, 7) is 4.68. The Labute approximate surface area is 95.1 Å². The summed E-state index contributed by atoms with van der Waals surface area (Å²) in [7, 11) is 0. The topological polar surface area (TPSA) is 50.7 Å². The van der Waals surface area contributed by atoms with E-state index in [0.29, 0.717) is 13.0 Å². The summed E-state index contributed by atoms with van der Waals surface area (Å²) in [6, 6.07) is 2.41. The summed E-state index contributed by atoms with van der Waals surface area (Å²) < 4.78 is 3.47. The Bertz CT molecular complexity index is 471. The molecule has 0 radical (unpaired) electrons. The number of hydrogen-bond acceptors (Lipinski definition) is 2. The van der Waals surface area contributed by atoms with Gasteiger partial charge in [-0.25, -0.2) is 4.79 Å². The van der Waals surface area contributed by atoms with Crippen LogP contribution in [0.3, 0.4) is 0 Å². The molecule has 4 heteroatoms. The number of hydrogen-bond donors (Lipinski definition) is 0. The quantitative estimate of drug-likeness (QED) is 0.776. The van der Waals surface area contributed by atoms with Crippen molar-refractivity contribution in [2.24, 2.45) is 5.41 Å². The Kier molecular flexibility index (Phi) is 2.63. The Morgan fingerprint density at radius 3 is 2.62 bits per heavy atom. The molecular formula is C12H17N3O. The third kappa shape index (κ3) is 1.90. The fraction of sp³-hybridized carbons (Fsp3) is 0.667. The molecule has 16 heavy (non-hydrogen) atoms. The van der Waals surface area contributed by atoms with E-state index in [0.717, 1.165) is 12.8 Å². The maximum atomic E-state index is 12.0. The molecule has 1 aliphatic rings. The molecular weight excluding hydrogens is 202 g/mol. The second kappa shape index (κ2) is 3.82. The van der Waals surface area contributed by atoms with Gasteiger partial charge in [0.25, 0.3) is 0 Å². The molecule has 1 aromatic heterocycles. The smallest absolute Gasteiger partial charge is 0.299 e. The molecule has 1 fully saturated rings. The van der Waals surface area contributed by atoms with Crippen LogP contribution in [-0.4, -0.2) is 9.13 Å². The third-order valence-electron chi connectivity index (χ3n) is 3.35. The summed E-state index contributed by atoms with van der Waals surface area (Å²) in [5.74, 6) is 0. The summed E-state index contributed by atoms with van der Waals surface area (Å²) in [4.78, 5) is 12.0. The van der Waals surface area contributed by atoms with Crippen molar-refractivity contribution in [1.29, 1.82) is 5.26 Å². The highest BCUT2D eigenvalue weighted by Crippen LogP contribution is 2.49. The second-order valence-corrected chi connectivity index (χ2v) is 5.04. The number of rotatable bonds is 4. The van der Waals surface area contributed by atoms with Crippen LogP contribution in [0.2, 0.25) is 0 Å². The molecule has 0 atom stereocenters. The highest BCUT2D eigenvalue weighted by atomic mass is 16.1. The molecule has 0 bridgehead atoms. The van der Waals surface area contributed by atoms with E-state index in [-0.39, 0.29) is 17.1 Å². The van der Waals surface area contributed by atoms with E-state index in [1.807, 2.05) is 26.2 Å². The largest absolute Gasteiger partial charge is 0.328 e. The van der Waals surface area contributed by atoms with Crippen molar-refractivity contribution in [2.75, 3.05) is 0 Å². The predicted octanol–water partition coefficient (Wildman–Crippen LogP) is 1.92. The molecule has 86 valence electrons. The van der Waals surface area contributed by atoms with E-state index in [4.69, 9.17) is 5.26 Å². The zero-order valence-corrected chi connectivity index (χ0v) is 9.81. The molecule has 0 saturated heterocycles. The van der Waals surface area contributed by atoms with E-state index < -0.39 is 0 Å². The normalized spacial score (nSPS) is 17.4. The van der Waals surface area contributed by atoms with Gasteiger partial charge in [0.2, 0.25) is 0 Å². The van der Waals surface area contributed by atoms with Crippen molar-refractivity contribution >= 4 is 0 Å². The SMILES string of the molecule is CC(C)n1ccn(CC2(CC#N)CC2)c1=O. The zero-order chi connectivity index (χ0) is 11.8. The van der Waals surface area contributed by atoms with E-state index in [1.165, 1.54) is 0 Å². The van der Waals surface area contributed by atoms with Crippen LogP contribution < -0.4 is 5.69 Å². The maximum Gasteiger partial charge on any atom is 0.328 e. The first-order valence-corrected chi connectivity index (χ1v) is 5.72.